The molecule has 171 valence electrons. The van der Waals surface area contributed by atoms with Crippen LogP contribution in [0.3, 0.4) is 0 Å². The molecule has 2 unspecified atom stereocenters. The van der Waals surface area contributed by atoms with Gasteiger partial charge in [0.05, 0.1) is 13.2 Å². The first-order valence-electron chi connectivity index (χ1n) is 11.1. The Labute approximate surface area is 201 Å². The Morgan fingerprint density at radius 2 is 2.12 bits per heavy atom. The first-order chi connectivity index (χ1) is 15.1. The fraction of sp³-hybridized carbons (Fsp3) is 0.522. The summed E-state index contributed by atoms with van der Waals surface area (Å²) in [4.78, 5) is 25.9. The van der Waals surface area contributed by atoms with Crippen molar-refractivity contribution in [3.8, 4) is 5.88 Å². The Balaban J connectivity index is 0.00000289. The number of ether oxygens (including phenoxy) is 1. The van der Waals surface area contributed by atoms with Crippen molar-refractivity contribution in [3.63, 3.8) is 0 Å². The number of anilines is 1. The van der Waals surface area contributed by atoms with Crippen LogP contribution in [-0.4, -0.2) is 63.9 Å². The molecule has 2 aliphatic heterocycles. The van der Waals surface area contributed by atoms with Crippen LogP contribution in [0.25, 0.3) is 0 Å². The summed E-state index contributed by atoms with van der Waals surface area (Å²) in [6.07, 6.45) is 5.34. The maximum atomic E-state index is 13.0. The molecule has 2 aliphatic rings. The van der Waals surface area contributed by atoms with Crippen LogP contribution in [0.1, 0.15) is 49.0 Å². The number of methoxy groups -OCH3 is 1. The second kappa shape index (κ2) is 11.0. The monoisotopic (exact) mass is 476 g/mol. The van der Waals surface area contributed by atoms with E-state index >= 15 is 0 Å². The summed E-state index contributed by atoms with van der Waals surface area (Å²) in [5.41, 5.74) is 3.17. The SMILES string of the molecule is CCC(c1ccc(OC)nc1)N1CCN(CCCc2ccc3c(n2)NC(O)CC3)C1=O.[V]. The molecule has 2 N–H and O–H groups in total. The summed E-state index contributed by atoms with van der Waals surface area (Å²) in [5.74, 6) is 1.37. The van der Waals surface area contributed by atoms with E-state index in [1.807, 2.05) is 21.9 Å². The molecule has 0 aliphatic carbocycles. The summed E-state index contributed by atoms with van der Waals surface area (Å²) in [6.45, 7) is 4.27. The second-order valence-electron chi connectivity index (χ2n) is 8.13. The molecule has 9 heteroatoms. The molecule has 32 heavy (non-hydrogen) atoms. The number of aryl methyl sites for hydroxylation is 2. The molecule has 1 saturated heterocycles. The number of fused-ring (bicyclic) bond motifs is 1. The zero-order valence-electron chi connectivity index (χ0n) is 18.7. The van der Waals surface area contributed by atoms with E-state index in [1.54, 1.807) is 13.3 Å². The standard InChI is InChI=1S/C23H31N5O3.V/c1-3-19(17-8-11-21(31-2)24-15-17)28-14-13-27(23(28)30)12-4-5-18-9-6-16-7-10-20(29)26-22(16)25-18;/h6,8-9,11,15,19-20,29H,3-5,7,10,12-14H2,1-2H3,(H,25,26);. The van der Waals surface area contributed by atoms with Crippen LogP contribution in [-0.2, 0) is 31.4 Å². The van der Waals surface area contributed by atoms with Crippen LogP contribution in [0.2, 0.25) is 0 Å². The Hall–Kier alpha value is -2.29. The van der Waals surface area contributed by atoms with Gasteiger partial charge in [-0.25, -0.2) is 14.8 Å². The molecular weight excluding hydrogens is 445 g/mol. The van der Waals surface area contributed by atoms with Gasteiger partial charge in [0.1, 0.15) is 12.0 Å². The van der Waals surface area contributed by atoms with E-state index in [4.69, 9.17) is 4.74 Å². The van der Waals surface area contributed by atoms with Crippen molar-refractivity contribution in [1.82, 2.24) is 19.8 Å². The zero-order chi connectivity index (χ0) is 21.8. The maximum Gasteiger partial charge on any atom is 0.320 e. The third-order valence-corrected chi connectivity index (χ3v) is 6.13. The number of rotatable bonds is 8. The third kappa shape index (κ3) is 5.37. The summed E-state index contributed by atoms with van der Waals surface area (Å²) in [7, 11) is 1.60. The normalized spacial score (nSPS) is 18.6. The average molecular weight is 476 g/mol. The second-order valence-corrected chi connectivity index (χ2v) is 8.13. The molecular formula is C23H31N5O3V. The minimum absolute atomic E-state index is 0. The van der Waals surface area contributed by atoms with Crippen LogP contribution in [0.15, 0.2) is 30.5 Å². The number of hydrogen-bond acceptors (Lipinski definition) is 6. The Morgan fingerprint density at radius 3 is 2.84 bits per heavy atom. The minimum Gasteiger partial charge on any atom is -0.481 e. The molecule has 2 amide bonds. The number of nitrogens with zero attached hydrogens (tertiary/aromatic N) is 4. The van der Waals surface area contributed by atoms with E-state index in [9.17, 15) is 9.90 Å². The summed E-state index contributed by atoms with van der Waals surface area (Å²) in [5, 5.41) is 12.8. The predicted molar refractivity (Wildman–Crippen MR) is 118 cm³/mol. The quantitative estimate of drug-likeness (QED) is 0.609. The van der Waals surface area contributed by atoms with Gasteiger partial charge in [-0.05, 0) is 49.3 Å². The van der Waals surface area contributed by atoms with Gasteiger partial charge in [0.2, 0.25) is 5.88 Å². The maximum absolute atomic E-state index is 13.0. The van der Waals surface area contributed by atoms with Crippen molar-refractivity contribution in [2.24, 2.45) is 0 Å². The van der Waals surface area contributed by atoms with E-state index in [2.05, 4.69) is 34.3 Å². The molecule has 0 aromatic carbocycles. The largest absolute Gasteiger partial charge is 0.481 e. The van der Waals surface area contributed by atoms with Gasteiger partial charge >= 0.3 is 6.03 Å². The van der Waals surface area contributed by atoms with E-state index in [1.165, 1.54) is 0 Å². The van der Waals surface area contributed by atoms with Crippen molar-refractivity contribution in [2.75, 3.05) is 32.1 Å². The molecule has 1 fully saturated rings. The van der Waals surface area contributed by atoms with Gasteiger partial charge in [0.15, 0.2) is 0 Å². The number of aliphatic hydroxyl groups excluding tert-OH is 1. The number of aromatic nitrogens is 2. The van der Waals surface area contributed by atoms with E-state index < -0.39 is 6.23 Å². The molecule has 2 atom stereocenters. The van der Waals surface area contributed by atoms with Crippen molar-refractivity contribution in [2.45, 2.75) is 51.3 Å². The smallest absolute Gasteiger partial charge is 0.320 e. The molecule has 0 bridgehead atoms. The number of hydrogen-bond donors (Lipinski definition) is 2. The van der Waals surface area contributed by atoms with Gasteiger partial charge in [0.25, 0.3) is 0 Å². The number of aliphatic hydroxyl groups is 1. The molecule has 4 rings (SSSR count). The first-order valence-corrected chi connectivity index (χ1v) is 11.1. The molecule has 4 heterocycles. The van der Waals surface area contributed by atoms with Crippen LogP contribution >= 0.6 is 0 Å². The minimum atomic E-state index is -0.518. The van der Waals surface area contributed by atoms with Gasteiger partial charge in [0, 0.05) is 56.1 Å². The number of carbonyl (C=O) groups excluding carboxylic acids is 1. The Morgan fingerprint density at radius 1 is 1.28 bits per heavy atom. The number of nitrogens with one attached hydrogen (secondary N) is 1. The van der Waals surface area contributed by atoms with Crippen LogP contribution in [0.4, 0.5) is 10.6 Å². The molecule has 0 saturated carbocycles. The summed E-state index contributed by atoms with van der Waals surface area (Å²) >= 11 is 0. The average Bonchev–Trinajstić information content (AvgIpc) is 3.15. The van der Waals surface area contributed by atoms with E-state index in [0.717, 1.165) is 61.4 Å². The fourth-order valence-electron chi connectivity index (χ4n) is 4.41. The van der Waals surface area contributed by atoms with Gasteiger partial charge in [-0.1, -0.05) is 19.1 Å². The Bertz CT molecular complexity index is 911. The number of urea groups is 1. The van der Waals surface area contributed by atoms with Gasteiger partial charge in [-0.15, -0.1) is 0 Å². The summed E-state index contributed by atoms with van der Waals surface area (Å²) in [6, 6.07) is 8.09. The van der Waals surface area contributed by atoms with Crippen molar-refractivity contribution in [1.29, 1.82) is 0 Å². The number of pyridine rings is 2. The van der Waals surface area contributed by atoms with Crippen molar-refractivity contribution in [3.05, 3.63) is 47.3 Å². The molecule has 0 spiro atoms. The molecule has 2 aromatic heterocycles. The van der Waals surface area contributed by atoms with Crippen LogP contribution in [0.5, 0.6) is 5.88 Å². The van der Waals surface area contributed by atoms with Crippen molar-refractivity contribution < 1.29 is 33.2 Å². The van der Waals surface area contributed by atoms with Crippen molar-refractivity contribution >= 4 is 11.8 Å². The number of amides is 2. The topological polar surface area (TPSA) is 90.8 Å². The predicted octanol–water partition coefficient (Wildman–Crippen LogP) is 2.98. The molecule has 2 aromatic rings. The first kappa shape index (κ1) is 24.4. The van der Waals surface area contributed by atoms with Gasteiger partial charge < -0.3 is 25.0 Å². The Kier molecular flexibility index (Phi) is 8.40. The van der Waals surface area contributed by atoms with E-state index in [-0.39, 0.29) is 30.6 Å². The summed E-state index contributed by atoms with van der Waals surface area (Å²) < 4.78 is 5.14. The third-order valence-electron chi connectivity index (χ3n) is 6.13. The van der Waals surface area contributed by atoms with E-state index in [0.29, 0.717) is 18.8 Å². The van der Waals surface area contributed by atoms with Crippen LogP contribution in [0, 0.1) is 0 Å². The van der Waals surface area contributed by atoms with Gasteiger partial charge in [-0.2, -0.15) is 0 Å². The zero-order valence-corrected chi connectivity index (χ0v) is 20.1. The van der Waals surface area contributed by atoms with Crippen LogP contribution < -0.4 is 10.1 Å². The molecule has 1 radical (unpaired) electrons. The van der Waals surface area contributed by atoms with Gasteiger partial charge in [-0.3, -0.25) is 0 Å². The fourth-order valence-corrected chi connectivity index (χ4v) is 4.41. The molecule has 8 nitrogen and oxygen atoms in total. The number of carbonyl (C=O) groups is 1.